The highest BCUT2D eigenvalue weighted by Gasteiger charge is 2.18. The molecule has 2 rings (SSSR count). The molecule has 0 unspecified atom stereocenters. The van der Waals surface area contributed by atoms with Gasteiger partial charge in [-0.2, -0.15) is 0 Å². The van der Waals surface area contributed by atoms with Crippen LogP contribution in [-0.2, 0) is 4.74 Å². The molecule has 0 aromatic carbocycles. The zero-order valence-electron chi connectivity index (χ0n) is 7.92. The first kappa shape index (κ1) is 9.85. The van der Waals surface area contributed by atoms with Gasteiger partial charge in [0.25, 0.3) is 0 Å². The summed E-state index contributed by atoms with van der Waals surface area (Å²) in [5.41, 5.74) is 0.0463. The van der Waals surface area contributed by atoms with Crippen molar-refractivity contribution < 1.29 is 19.4 Å². The van der Waals surface area contributed by atoms with Crippen LogP contribution in [0.4, 0.5) is 0 Å². The van der Waals surface area contributed by atoms with E-state index in [-0.39, 0.29) is 17.7 Å². The highest BCUT2D eigenvalue weighted by atomic mass is 16.6. The van der Waals surface area contributed by atoms with Gasteiger partial charge in [0, 0.05) is 18.8 Å². The summed E-state index contributed by atoms with van der Waals surface area (Å²) in [4.78, 5) is 18.1. The monoisotopic (exact) mass is 210 g/mol. The van der Waals surface area contributed by atoms with E-state index < -0.39 is 5.97 Å². The van der Waals surface area contributed by atoms with Crippen molar-refractivity contribution in [1.29, 1.82) is 0 Å². The summed E-state index contributed by atoms with van der Waals surface area (Å²) in [6.45, 7) is 1.21. The molecule has 15 heavy (non-hydrogen) atoms. The lowest BCUT2D eigenvalue weighted by Gasteiger charge is -2.08. The number of carboxylic acids is 1. The molecule has 0 aliphatic carbocycles. The molecule has 6 heteroatoms. The molecular weight excluding hydrogens is 200 g/mol. The molecule has 1 aliphatic rings. The molecule has 1 N–H and O–H groups in total. The molecule has 6 nitrogen and oxygen atoms in total. The van der Waals surface area contributed by atoms with Crippen LogP contribution >= 0.6 is 0 Å². The Balaban J connectivity index is 2.00. The average molecular weight is 210 g/mol. The first-order valence-corrected chi connectivity index (χ1v) is 4.55. The lowest BCUT2D eigenvalue weighted by Crippen LogP contribution is -2.17. The van der Waals surface area contributed by atoms with Crippen LogP contribution in [0.15, 0.2) is 12.4 Å². The molecule has 2 heterocycles. The maximum atomic E-state index is 10.5. The fraction of sp³-hybridized carbons (Fsp3) is 0.444. The Morgan fingerprint density at radius 1 is 1.53 bits per heavy atom. The predicted molar refractivity (Wildman–Crippen MR) is 48.8 cm³/mol. The number of hydrogen-bond acceptors (Lipinski definition) is 5. The van der Waals surface area contributed by atoms with E-state index in [4.69, 9.17) is 14.6 Å². The van der Waals surface area contributed by atoms with Crippen molar-refractivity contribution >= 4 is 5.97 Å². The van der Waals surface area contributed by atoms with E-state index in [1.165, 1.54) is 12.4 Å². The molecule has 0 radical (unpaired) electrons. The fourth-order valence-corrected chi connectivity index (χ4v) is 1.24. The SMILES string of the molecule is O=C(O)c1cnc(O[C@H]2CCOC2)nc1. The largest absolute Gasteiger partial charge is 0.478 e. The number of hydrogen-bond donors (Lipinski definition) is 1. The van der Waals surface area contributed by atoms with Crippen molar-refractivity contribution in [2.45, 2.75) is 12.5 Å². The van der Waals surface area contributed by atoms with Crippen LogP contribution in [0.25, 0.3) is 0 Å². The van der Waals surface area contributed by atoms with Gasteiger partial charge in [-0.1, -0.05) is 0 Å². The van der Waals surface area contributed by atoms with Gasteiger partial charge in [0.05, 0.1) is 18.8 Å². The molecule has 1 saturated heterocycles. The molecular formula is C9H10N2O4. The van der Waals surface area contributed by atoms with Crippen LogP contribution in [0.2, 0.25) is 0 Å². The second-order valence-electron chi connectivity index (χ2n) is 3.16. The third-order valence-electron chi connectivity index (χ3n) is 2.04. The summed E-state index contributed by atoms with van der Waals surface area (Å²) < 4.78 is 10.5. The van der Waals surface area contributed by atoms with E-state index in [0.29, 0.717) is 13.2 Å². The molecule has 1 aliphatic heterocycles. The van der Waals surface area contributed by atoms with Crippen LogP contribution in [0, 0.1) is 0 Å². The Hall–Kier alpha value is -1.69. The molecule has 1 aromatic rings. The summed E-state index contributed by atoms with van der Waals surface area (Å²) in [5, 5.41) is 8.62. The van der Waals surface area contributed by atoms with Crippen molar-refractivity contribution in [3.8, 4) is 6.01 Å². The highest BCUT2D eigenvalue weighted by molar-refractivity contribution is 5.86. The molecule has 0 bridgehead atoms. The van der Waals surface area contributed by atoms with Gasteiger partial charge in [-0.15, -0.1) is 0 Å². The van der Waals surface area contributed by atoms with Gasteiger partial charge in [-0.25, -0.2) is 14.8 Å². The maximum Gasteiger partial charge on any atom is 0.338 e. The second-order valence-corrected chi connectivity index (χ2v) is 3.16. The lowest BCUT2D eigenvalue weighted by atomic mass is 10.3. The Bertz CT molecular complexity index is 346. The molecule has 0 saturated carbocycles. The quantitative estimate of drug-likeness (QED) is 0.774. The maximum absolute atomic E-state index is 10.5. The molecule has 1 aromatic heterocycles. The van der Waals surface area contributed by atoms with Gasteiger partial charge in [-0.05, 0) is 0 Å². The Labute approximate surface area is 85.9 Å². The van der Waals surface area contributed by atoms with E-state index in [1.54, 1.807) is 0 Å². The van der Waals surface area contributed by atoms with E-state index >= 15 is 0 Å². The Morgan fingerprint density at radius 3 is 2.80 bits per heavy atom. The molecule has 80 valence electrons. The Morgan fingerprint density at radius 2 is 2.27 bits per heavy atom. The minimum absolute atomic E-state index is 0.0271. The van der Waals surface area contributed by atoms with E-state index in [2.05, 4.69) is 9.97 Å². The number of rotatable bonds is 3. The van der Waals surface area contributed by atoms with Crippen molar-refractivity contribution in [1.82, 2.24) is 9.97 Å². The highest BCUT2D eigenvalue weighted by Crippen LogP contribution is 2.11. The topological polar surface area (TPSA) is 81.5 Å². The minimum atomic E-state index is -1.05. The third-order valence-corrected chi connectivity index (χ3v) is 2.04. The molecule has 0 amide bonds. The second kappa shape index (κ2) is 4.22. The Kier molecular flexibility index (Phi) is 2.77. The smallest absolute Gasteiger partial charge is 0.338 e. The van der Waals surface area contributed by atoms with Crippen molar-refractivity contribution in [3.63, 3.8) is 0 Å². The number of carboxylic acid groups (broad SMARTS) is 1. The minimum Gasteiger partial charge on any atom is -0.478 e. The fourth-order valence-electron chi connectivity index (χ4n) is 1.24. The standard InChI is InChI=1S/C9H10N2O4/c12-8(13)6-3-10-9(11-4-6)15-7-1-2-14-5-7/h3-4,7H,1-2,5H2,(H,12,13)/t7-/m0/s1. The van der Waals surface area contributed by atoms with Crippen LogP contribution in [0.3, 0.4) is 0 Å². The predicted octanol–water partition coefficient (Wildman–Crippen LogP) is 0.342. The number of ether oxygens (including phenoxy) is 2. The van der Waals surface area contributed by atoms with Crippen LogP contribution in [0.5, 0.6) is 6.01 Å². The summed E-state index contributed by atoms with van der Waals surface area (Å²) in [5.74, 6) is -1.05. The van der Waals surface area contributed by atoms with Gasteiger partial charge in [0.15, 0.2) is 0 Å². The van der Waals surface area contributed by atoms with Crippen molar-refractivity contribution in [2.24, 2.45) is 0 Å². The van der Waals surface area contributed by atoms with Gasteiger partial charge >= 0.3 is 12.0 Å². The van der Waals surface area contributed by atoms with E-state index in [1.807, 2.05) is 0 Å². The third kappa shape index (κ3) is 2.41. The van der Waals surface area contributed by atoms with E-state index in [9.17, 15) is 4.79 Å². The van der Waals surface area contributed by atoms with Crippen LogP contribution < -0.4 is 4.74 Å². The van der Waals surface area contributed by atoms with Crippen molar-refractivity contribution in [3.05, 3.63) is 18.0 Å². The first-order valence-electron chi connectivity index (χ1n) is 4.55. The molecule has 1 atom stereocenters. The average Bonchev–Trinajstić information content (AvgIpc) is 2.71. The van der Waals surface area contributed by atoms with Crippen LogP contribution in [0.1, 0.15) is 16.8 Å². The number of carbonyl (C=O) groups is 1. The number of aromatic nitrogens is 2. The van der Waals surface area contributed by atoms with Gasteiger partial charge in [0.2, 0.25) is 0 Å². The zero-order chi connectivity index (χ0) is 10.7. The summed E-state index contributed by atoms with van der Waals surface area (Å²) in [6.07, 6.45) is 3.23. The van der Waals surface area contributed by atoms with Crippen molar-refractivity contribution in [2.75, 3.05) is 13.2 Å². The molecule has 1 fully saturated rings. The first-order chi connectivity index (χ1) is 7.25. The normalized spacial score (nSPS) is 20.1. The van der Waals surface area contributed by atoms with Gasteiger partial charge in [0.1, 0.15) is 6.10 Å². The number of nitrogens with zero attached hydrogens (tertiary/aromatic N) is 2. The molecule has 0 spiro atoms. The zero-order valence-corrected chi connectivity index (χ0v) is 7.92. The van der Waals surface area contributed by atoms with Crippen LogP contribution in [-0.4, -0.2) is 40.4 Å². The summed E-state index contributed by atoms with van der Waals surface area (Å²) in [6, 6.07) is 0.190. The summed E-state index contributed by atoms with van der Waals surface area (Å²) >= 11 is 0. The number of aromatic carboxylic acids is 1. The summed E-state index contributed by atoms with van der Waals surface area (Å²) in [7, 11) is 0. The van der Waals surface area contributed by atoms with Gasteiger partial charge < -0.3 is 14.6 Å². The van der Waals surface area contributed by atoms with Gasteiger partial charge in [-0.3, -0.25) is 0 Å². The lowest BCUT2D eigenvalue weighted by molar-refractivity contribution is 0.0695. The van der Waals surface area contributed by atoms with E-state index in [0.717, 1.165) is 6.42 Å².